The highest BCUT2D eigenvalue weighted by Crippen LogP contribution is 2.16. The van der Waals surface area contributed by atoms with Crippen LogP contribution in [-0.2, 0) is 17.8 Å². The van der Waals surface area contributed by atoms with E-state index >= 15 is 0 Å². The minimum absolute atomic E-state index is 0.0916. The Morgan fingerprint density at radius 2 is 1.92 bits per heavy atom. The highest BCUT2D eigenvalue weighted by atomic mass is 16.5. The summed E-state index contributed by atoms with van der Waals surface area (Å²) in [6.07, 6.45) is 2.82. The molecule has 0 radical (unpaired) electrons. The Bertz CT molecular complexity index is 680. The Balaban J connectivity index is 1.99. The zero-order chi connectivity index (χ0) is 17.4. The van der Waals surface area contributed by atoms with Gasteiger partial charge in [0, 0.05) is 25.2 Å². The smallest absolute Gasteiger partial charge is 0.223 e. The number of nitrogen functional groups attached to an aromatic ring is 1. The van der Waals surface area contributed by atoms with Crippen LogP contribution >= 0.6 is 0 Å². The van der Waals surface area contributed by atoms with Gasteiger partial charge in [-0.25, -0.2) is 0 Å². The predicted octanol–water partition coefficient (Wildman–Crippen LogP) is 3.42. The second-order valence-electron chi connectivity index (χ2n) is 5.61. The maximum atomic E-state index is 12.6. The Morgan fingerprint density at radius 3 is 2.54 bits per heavy atom. The molecule has 0 unspecified atom stereocenters. The number of carbonyl (C=O) groups excluding carboxylic acids is 1. The first-order valence-corrected chi connectivity index (χ1v) is 7.99. The zero-order valence-corrected chi connectivity index (χ0v) is 14.1. The van der Waals surface area contributed by atoms with Crippen LogP contribution in [0.4, 0.5) is 5.69 Å². The van der Waals surface area contributed by atoms with Crippen molar-refractivity contribution in [3.05, 3.63) is 72.3 Å². The van der Waals surface area contributed by atoms with E-state index in [2.05, 4.69) is 6.58 Å². The first kappa shape index (κ1) is 17.6. The molecule has 2 aromatic rings. The van der Waals surface area contributed by atoms with Gasteiger partial charge in [0.05, 0.1) is 7.11 Å². The third kappa shape index (κ3) is 4.88. The van der Waals surface area contributed by atoms with Gasteiger partial charge in [0.1, 0.15) is 5.75 Å². The van der Waals surface area contributed by atoms with Crippen LogP contribution in [0.25, 0.3) is 0 Å². The molecular weight excluding hydrogens is 300 g/mol. The number of methoxy groups -OCH3 is 1. The lowest BCUT2D eigenvalue weighted by Crippen LogP contribution is -2.30. The van der Waals surface area contributed by atoms with Crippen LogP contribution in [0, 0.1) is 0 Å². The van der Waals surface area contributed by atoms with E-state index in [9.17, 15) is 4.79 Å². The number of carbonyl (C=O) groups is 1. The van der Waals surface area contributed by atoms with Crippen molar-refractivity contribution in [2.24, 2.45) is 0 Å². The Kier molecular flexibility index (Phi) is 6.43. The first-order valence-electron chi connectivity index (χ1n) is 7.99. The number of ether oxygens (including phenoxy) is 1. The van der Waals surface area contributed by atoms with Gasteiger partial charge < -0.3 is 15.4 Å². The number of para-hydroxylation sites is 1. The lowest BCUT2D eigenvalue weighted by molar-refractivity contribution is -0.131. The molecule has 0 fully saturated rings. The van der Waals surface area contributed by atoms with Gasteiger partial charge in [-0.3, -0.25) is 4.79 Å². The maximum absolute atomic E-state index is 12.6. The summed E-state index contributed by atoms with van der Waals surface area (Å²) in [6.45, 7) is 4.83. The number of hydrogen-bond acceptors (Lipinski definition) is 3. The normalized spacial score (nSPS) is 10.2. The monoisotopic (exact) mass is 324 g/mol. The fourth-order valence-electron chi connectivity index (χ4n) is 2.52. The molecule has 24 heavy (non-hydrogen) atoms. The van der Waals surface area contributed by atoms with E-state index in [1.165, 1.54) is 0 Å². The Hall–Kier alpha value is -2.75. The number of rotatable bonds is 8. The van der Waals surface area contributed by atoms with Crippen LogP contribution in [0.2, 0.25) is 0 Å². The third-order valence-corrected chi connectivity index (χ3v) is 3.90. The van der Waals surface area contributed by atoms with E-state index in [1.807, 2.05) is 48.5 Å². The molecule has 2 rings (SSSR count). The second-order valence-corrected chi connectivity index (χ2v) is 5.61. The fourth-order valence-corrected chi connectivity index (χ4v) is 2.52. The summed E-state index contributed by atoms with van der Waals surface area (Å²) in [5.41, 5.74) is 8.74. The Morgan fingerprint density at radius 1 is 1.21 bits per heavy atom. The lowest BCUT2D eigenvalue weighted by atomic mass is 10.1. The fraction of sp³-hybridized carbons (Fsp3) is 0.250. The molecule has 1 amide bonds. The van der Waals surface area contributed by atoms with E-state index in [0.717, 1.165) is 22.6 Å². The van der Waals surface area contributed by atoms with Gasteiger partial charge in [0.2, 0.25) is 5.91 Å². The average Bonchev–Trinajstić information content (AvgIpc) is 2.61. The van der Waals surface area contributed by atoms with Crippen molar-refractivity contribution in [1.82, 2.24) is 4.90 Å². The van der Waals surface area contributed by atoms with Crippen molar-refractivity contribution < 1.29 is 9.53 Å². The van der Waals surface area contributed by atoms with Crippen molar-refractivity contribution in [2.45, 2.75) is 19.4 Å². The molecule has 0 aromatic heterocycles. The van der Waals surface area contributed by atoms with Gasteiger partial charge in [-0.15, -0.1) is 6.58 Å². The van der Waals surface area contributed by atoms with Crippen LogP contribution in [0.5, 0.6) is 5.75 Å². The quantitative estimate of drug-likeness (QED) is 0.598. The molecule has 4 nitrogen and oxygen atoms in total. The summed E-state index contributed by atoms with van der Waals surface area (Å²) in [7, 11) is 1.64. The predicted molar refractivity (Wildman–Crippen MR) is 97.8 cm³/mol. The third-order valence-electron chi connectivity index (χ3n) is 3.90. The van der Waals surface area contributed by atoms with Gasteiger partial charge in [-0.05, 0) is 35.7 Å². The zero-order valence-electron chi connectivity index (χ0n) is 14.1. The molecule has 0 saturated carbocycles. The van der Waals surface area contributed by atoms with Crippen molar-refractivity contribution in [3.63, 3.8) is 0 Å². The molecule has 0 heterocycles. The summed E-state index contributed by atoms with van der Waals surface area (Å²) in [5, 5.41) is 0. The molecule has 4 heteroatoms. The van der Waals surface area contributed by atoms with E-state index in [1.54, 1.807) is 18.1 Å². The number of anilines is 1. The SMILES string of the molecule is C=CCN(Cc1ccc(OC)cc1)C(=O)CCc1ccccc1N. The highest BCUT2D eigenvalue weighted by molar-refractivity contribution is 5.77. The molecule has 0 aliphatic heterocycles. The molecule has 126 valence electrons. The summed E-state index contributed by atoms with van der Waals surface area (Å²) in [4.78, 5) is 14.4. The molecule has 0 aliphatic rings. The number of hydrogen-bond donors (Lipinski definition) is 1. The number of aryl methyl sites for hydroxylation is 1. The molecule has 2 aromatic carbocycles. The van der Waals surface area contributed by atoms with Crippen LogP contribution < -0.4 is 10.5 Å². The number of nitrogens with zero attached hydrogens (tertiary/aromatic N) is 1. The highest BCUT2D eigenvalue weighted by Gasteiger charge is 2.13. The topological polar surface area (TPSA) is 55.6 Å². The maximum Gasteiger partial charge on any atom is 0.223 e. The molecule has 0 saturated heterocycles. The van der Waals surface area contributed by atoms with Gasteiger partial charge in [0.15, 0.2) is 0 Å². The molecular formula is C20H24N2O2. The van der Waals surface area contributed by atoms with Gasteiger partial charge in [0.25, 0.3) is 0 Å². The molecule has 2 N–H and O–H groups in total. The van der Waals surface area contributed by atoms with E-state index in [0.29, 0.717) is 25.9 Å². The lowest BCUT2D eigenvalue weighted by Gasteiger charge is -2.21. The van der Waals surface area contributed by atoms with Crippen LogP contribution in [0.1, 0.15) is 17.5 Å². The standard InChI is InChI=1S/C20H24N2O2/c1-3-14-22(15-16-8-11-18(24-2)12-9-16)20(23)13-10-17-6-4-5-7-19(17)21/h3-9,11-12H,1,10,13-15,21H2,2H3. The van der Waals surface area contributed by atoms with Crippen molar-refractivity contribution in [2.75, 3.05) is 19.4 Å². The first-order chi connectivity index (χ1) is 11.6. The summed E-state index contributed by atoms with van der Waals surface area (Å²) >= 11 is 0. The van der Waals surface area contributed by atoms with Gasteiger partial charge in [-0.1, -0.05) is 36.4 Å². The summed E-state index contributed by atoms with van der Waals surface area (Å²) < 4.78 is 5.16. The van der Waals surface area contributed by atoms with Crippen LogP contribution in [0.15, 0.2) is 61.2 Å². The van der Waals surface area contributed by atoms with Crippen molar-refractivity contribution >= 4 is 11.6 Å². The van der Waals surface area contributed by atoms with Crippen molar-refractivity contribution in [3.8, 4) is 5.75 Å². The largest absolute Gasteiger partial charge is 0.497 e. The summed E-state index contributed by atoms with van der Waals surface area (Å²) in [5.74, 6) is 0.897. The van der Waals surface area contributed by atoms with Gasteiger partial charge in [-0.2, -0.15) is 0 Å². The number of benzene rings is 2. The second kappa shape index (κ2) is 8.77. The minimum Gasteiger partial charge on any atom is -0.497 e. The van der Waals surface area contributed by atoms with Crippen molar-refractivity contribution in [1.29, 1.82) is 0 Å². The minimum atomic E-state index is 0.0916. The molecule has 0 atom stereocenters. The average molecular weight is 324 g/mol. The van der Waals surface area contributed by atoms with E-state index in [4.69, 9.17) is 10.5 Å². The molecule has 0 spiro atoms. The van der Waals surface area contributed by atoms with Crippen LogP contribution in [0.3, 0.4) is 0 Å². The van der Waals surface area contributed by atoms with E-state index in [-0.39, 0.29) is 5.91 Å². The molecule has 0 aliphatic carbocycles. The summed E-state index contributed by atoms with van der Waals surface area (Å²) in [6, 6.07) is 15.4. The molecule has 0 bridgehead atoms. The van der Waals surface area contributed by atoms with E-state index < -0.39 is 0 Å². The Labute approximate surface area is 143 Å². The number of amides is 1. The van der Waals surface area contributed by atoms with Gasteiger partial charge >= 0.3 is 0 Å². The van der Waals surface area contributed by atoms with Crippen LogP contribution in [-0.4, -0.2) is 24.5 Å². The number of nitrogens with two attached hydrogens (primary N) is 1.